The van der Waals surface area contributed by atoms with Crippen molar-refractivity contribution in [1.82, 2.24) is 0 Å². The van der Waals surface area contributed by atoms with Gasteiger partial charge in [0.1, 0.15) is 11.9 Å². The lowest BCUT2D eigenvalue weighted by molar-refractivity contribution is 0.00851. The average Bonchev–Trinajstić information content (AvgIpc) is 2.22. The SMILES string of the molecule is O=C(OC1CCC1)c1cc(S(=O)(=O)Cl)ccc1F. The summed E-state index contributed by atoms with van der Waals surface area (Å²) in [5.41, 5.74) is -0.413. The topological polar surface area (TPSA) is 60.4 Å². The van der Waals surface area contributed by atoms with Gasteiger partial charge in [-0.3, -0.25) is 0 Å². The first-order valence-corrected chi connectivity index (χ1v) is 7.64. The number of benzene rings is 1. The largest absolute Gasteiger partial charge is 0.459 e. The Morgan fingerprint density at radius 2 is 2.06 bits per heavy atom. The van der Waals surface area contributed by atoms with Crippen LogP contribution in [0.15, 0.2) is 23.1 Å². The Labute approximate surface area is 108 Å². The smallest absolute Gasteiger partial charge is 0.341 e. The van der Waals surface area contributed by atoms with Crippen molar-refractivity contribution in [3.63, 3.8) is 0 Å². The zero-order chi connectivity index (χ0) is 13.3. The maximum atomic E-state index is 13.4. The fourth-order valence-electron chi connectivity index (χ4n) is 1.52. The minimum Gasteiger partial charge on any atom is -0.459 e. The molecule has 0 radical (unpaired) electrons. The van der Waals surface area contributed by atoms with Crippen molar-refractivity contribution in [2.24, 2.45) is 0 Å². The highest BCUT2D eigenvalue weighted by atomic mass is 35.7. The fraction of sp³-hybridized carbons (Fsp3) is 0.364. The van der Waals surface area contributed by atoms with Crippen LogP contribution in [-0.2, 0) is 13.8 Å². The zero-order valence-electron chi connectivity index (χ0n) is 9.23. The molecule has 0 bridgehead atoms. The van der Waals surface area contributed by atoms with E-state index in [1.165, 1.54) is 0 Å². The van der Waals surface area contributed by atoms with Crippen molar-refractivity contribution in [3.05, 3.63) is 29.6 Å². The van der Waals surface area contributed by atoms with Crippen LogP contribution in [0.3, 0.4) is 0 Å². The van der Waals surface area contributed by atoms with Gasteiger partial charge in [0.2, 0.25) is 0 Å². The molecule has 0 spiro atoms. The van der Waals surface area contributed by atoms with Crippen LogP contribution in [0.1, 0.15) is 29.6 Å². The Hall–Kier alpha value is -1.14. The van der Waals surface area contributed by atoms with Crippen LogP contribution in [0.25, 0.3) is 0 Å². The summed E-state index contributed by atoms with van der Waals surface area (Å²) in [7, 11) is 1.13. The van der Waals surface area contributed by atoms with E-state index >= 15 is 0 Å². The molecule has 0 unspecified atom stereocenters. The summed E-state index contributed by atoms with van der Waals surface area (Å²) in [5, 5.41) is 0. The summed E-state index contributed by atoms with van der Waals surface area (Å²) in [6, 6.07) is 2.77. The number of carbonyl (C=O) groups excluding carboxylic acids is 1. The van der Waals surface area contributed by atoms with Crippen LogP contribution < -0.4 is 0 Å². The van der Waals surface area contributed by atoms with Crippen LogP contribution in [0.2, 0.25) is 0 Å². The van der Waals surface area contributed by atoms with E-state index in [2.05, 4.69) is 0 Å². The van der Waals surface area contributed by atoms with Gasteiger partial charge in [-0.15, -0.1) is 0 Å². The van der Waals surface area contributed by atoms with Crippen molar-refractivity contribution >= 4 is 25.7 Å². The van der Waals surface area contributed by atoms with E-state index in [4.69, 9.17) is 15.4 Å². The molecule has 0 aliphatic heterocycles. The van der Waals surface area contributed by atoms with Gasteiger partial charge < -0.3 is 4.74 Å². The molecule has 0 atom stereocenters. The molecule has 18 heavy (non-hydrogen) atoms. The molecule has 98 valence electrons. The molecule has 1 aliphatic rings. The molecule has 0 N–H and O–H groups in total. The monoisotopic (exact) mass is 292 g/mol. The average molecular weight is 293 g/mol. The Morgan fingerprint density at radius 3 is 2.56 bits per heavy atom. The highest BCUT2D eigenvalue weighted by Crippen LogP contribution is 2.25. The highest BCUT2D eigenvalue weighted by Gasteiger charge is 2.25. The number of carbonyl (C=O) groups is 1. The number of hydrogen-bond donors (Lipinski definition) is 0. The lowest BCUT2D eigenvalue weighted by Gasteiger charge is -2.25. The summed E-state index contributed by atoms with van der Waals surface area (Å²) < 4.78 is 40.6. The molecule has 0 heterocycles. The molecule has 7 heteroatoms. The Balaban J connectivity index is 2.28. The second-order valence-corrected chi connectivity index (χ2v) is 6.60. The summed E-state index contributed by atoms with van der Waals surface area (Å²) in [4.78, 5) is 11.3. The van der Waals surface area contributed by atoms with E-state index in [0.717, 1.165) is 37.5 Å². The summed E-state index contributed by atoms with van der Waals surface area (Å²) in [5.74, 6) is -1.69. The molecule has 1 aliphatic carbocycles. The maximum absolute atomic E-state index is 13.4. The first-order chi connectivity index (χ1) is 8.38. The normalized spacial score (nSPS) is 16.1. The van der Waals surface area contributed by atoms with E-state index in [9.17, 15) is 17.6 Å². The number of esters is 1. The quantitative estimate of drug-likeness (QED) is 0.634. The Morgan fingerprint density at radius 1 is 1.39 bits per heavy atom. The van der Waals surface area contributed by atoms with Crippen LogP contribution in [0.5, 0.6) is 0 Å². The standard InChI is InChI=1S/C11H10ClFO4S/c12-18(15,16)8-4-5-10(13)9(6-8)11(14)17-7-2-1-3-7/h4-7H,1-3H2. The van der Waals surface area contributed by atoms with Crippen molar-refractivity contribution in [2.75, 3.05) is 0 Å². The number of hydrogen-bond acceptors (Lipinski definition) is 4. The minimum absolute atomic E-state index is 0.201. The van der Waals surface area contributed by atoms with Gasteiger partial charge in [0, 0.05) is 10.7 Å². The van der Waals surface area contributed by atoms with E-state index in [-0.39, 0.29) is 11.0 Å². The van der Waals surface area contributed by atoms with Gasteiger partial charge in [-0.2, -0.15) is 0 Å². The molecule has 4 nitrogen and oxygen atoms in total. The Kier molecular flexibility index (Phi) is 3.59. The highest BCUT2D eigenvalue weighted by molar-refractivity contribution is 8.13. The molecule has 0 saturated heterocycles. The van der Waals surface area contributed by atoms with E-state index < -0.39 is 26.4 Å². The van der Waals surface area contributed by atoms with Gasteiger partial charge in [0.05, 0.1) is 10.5 Å². The zero-order valence-corrected chi connectivity index (χ0v) is 10.8. The van der Waals surface area contributed by atoms with Crippen LogP contribution in [0.4, 0.5) is 4.39 Å². The summed E-state index contributed by atoms with van der Waals surface area (Å²) >= 11 is 0. The Bertz CT molecular complexity index is 581. The van der Waals surface area contributed by atoms with Crippen LogP contribution in [-0.4, -0.2) is 20.5 Å². The molecule has 1 aromatic carbocycles. The second kappa shape index (κ2) is 4.85. The minimum atomic E-state index is -4.00. The van der Waals surface area contributed by atoms with Gasteiger partial charge in [0.25, 0.3) is 9.05 Å². The lowest BCUT2D eigenvalue weighted by Crippen LogP contribution is -2.25. The predicted molar refractivity (Wildman–Crippen MR) is 62.5 cm³/mol. The third kappa shape index (κ3) is 2.81. The van der Waals surface area contributed by atoms with Crippen LogP contribution in [0, 0.1) is 5.82 Å². The predicted octanol–water partition coefficient (Wildman–Crippen LogP) is 2.46. The van der Waals surface area contributed by atoms with Crippen molar-refractivity contribution in [2.45, 2.75) is 30.3 Å². The molecule has 1 aromatic rings. The third-order valence-electron chi connectivity index (χ3n) is 2.77. The van der Waals surface area contributed by atoms with Crippen molar-refractivity contribution in [3.8, 4) is 0 Å². The van der Waals surface area contributed by atoms with Gasteiger partial charge in [0.15, 0.2) is 0 Å². The van der Waals surface area contributed by atoms with Crippen molar-refractivity contribution in [1.29, 1.82) is 0 Å². The third-order valence-corrected chi connectivity index (χ3v) is 4.12. The van der Waals surface area contributed by atoms with E-state index in [1.807, 2.05) is 0 Å². The molecule has 2 rings (SSSR count). The molecular formula is C11H10ClFO4S. The van der Waals surface area contributed by atoms with Crippen molar-refractivity contribution < 1.29 is 22.3 Å². The molecule has 1 fully saturated rings. The number of ether oxygens (including phenoxy) is 1. The summed E-state index contributed by atoms with van der Waals surface area (Å²) in [6.07, 6.45) is 2.27. The van der Waals surface area contributed by atoms with Gasteiger partial charge in [-0.05, 0) is 37.5 Å². The lowest BCUT2D eigenvalue weighted by atomic mass is 9.96. The fourth-order valence-corrected chi connectivity index (χ4v) is 2.29. The molecule has 0 aromatic heterocycles. The second-order valence-electron chi connectivity index (χ2n) is 4.04. The van der Waals surface area contributed by atoms with Gasteiger partial charge in [-0.1, -0.05) is 0 Å². The molecule has 0 amide bonds. The van der Waals surface area contributed by atoms with Gasteiger partial charge >= 0.3 is 5.97 Å². The molecular weight excluding hydrogens is 283 g/mol. The van der Waals surface area contributed by atoms with E-state index in [1.54, 1.807) is 0 Å². The first-order valence-electron chi connectivity index (χ1n) is 5.33. The van der Waals surface area contributed by atoms with E-state index in [0.29, 0.717) is 0 Å². The first kappa shape index (κ1) is 13.3. The van der Waals surface area contributed by atoms with Crippen LogP contribution >= 0.6 is 10.7 Å². The molecule has 1 saturated carbocycles. The summed E-state index contributed by atoms with van der Waals surface area (Å²) in [6.45, 7) is 0. The number of rotatable bonds is 3. The maximum Gasteiger partial charge on any atom is 0.341 e. The number of halogens is 2. The van der Waals surface area contributed by atoms with Gasteiger partial charge in [-0.25, -0.2) is 17.6 Å².